The molecule has 0 N–H and O–H groups in total. The molecule has 12 heavy (non-hydrogen) atoms. The van der Waals surface area contributed by atoms with E-state index in [-0.39, 0.29) is 48.0 Å². The largest absolute Gasteiger partial charge is 0.384 e. The lowest BCUT2D eigenvalue weighted by Gasteiger charge is -1.95. The van der Waals surface area contributed by atoms with Crippen LogP contribution in [0.4, 0.5) is 0 Å². The summed E-state index contributed by atoms with van der Waals surface area (Å²) in [5.74, 6) is 0. The van der Waals surface area contributed by atoms with Gasteiger partial charge in [-0.1, -0.05) is 0 Å². The maximum Gasteiger partial charge on any atom is 0.0797 e. The summed E-state index contributed by atoms with van der Waals surface area (Å²) in [5, 5.41) is 0. The fourth-order valence-electron chi connectivity index (χ4n) is 0.761. The molecule has 1 rings (SSSR count). The molecular formula is C7H13I2NOS. The summed E-state index contributed by atoms with van der Waals surface area (Å²) in [6.45, 7) is 2.82. The van der Waals surface area contributed by atoms with Crippen molar-refractivity contribution in [2.75, 3.05) is 13.7 Å². The summed E-state index contributed by atoms with van der Waals surface area (Å²) in [6.07, 6.45) is 0.993. The van der Waals surface area contributed by atoms with Gasteiger partial charge in [0.1, 0.15) is 0 Å². The molecule has 0 saturated heterocycles. The van der Waals surface area contributed by atoms with Gasteiger partial charge in [0.2, 0.25) is 0 Å². The molecule has 0 bridgehead atoms. The summed E-state index contributed by atoms with van der Waals surface area (Å²) in [7, 11) is 1.72. The molecule has 0 aromatic carbocycles. The first kappa shape index (κ1) is 15.5. The van der Waals surface area contributed by atoms with Crippen LogP contribution < -0.4 is 0 Å². The van der Waals surface area contributed by atoms with Crippen molar-refractivity contribution in [2.45, 2.75) is 13.3 Å². The Kier molecular flexibility index (Phi) is 11.2. The zero-order chi connectivity index (χ0) is 7.40. The van der Waals surface area contributed by atoms with Crippen LogP contribution in [-0.4, -0.2) is 18.7 Å². The lowest BCUT2D eigenvalue weighted by atomic mass is 10.3. The molecule has 0 spiro atoms. The van der Waals surface area contributed by atoms with Crippen molar-refractivity contribution in [1.82, 2.24) is 4.98 Å². The zero-order valence-electron chi connectivity index (χ0n) is 7.07. The molecule has 1 aromatic rings. The van der Waals surface area contributed by atoms with Gasteiger partial charge in [0.25, 0.3) is 0 Å². The number of thiazole rings is 1. The monoisotopic (exact) mass is 413 g/mol. The van der Waals surface area contributed by atoms with Gasteiger partial charge >= 0.3 is 0 Å². The lowest BCUT2D eigenvalue weighted by molar-refractivity contribution is 0.203. The molecule has 0 fully saturated rings. The molecule has 1 heterocycles. The van der Waals surface area contributed by atoms with E-state index in [1.165, 1.54) is 4.88 Å². The van der Waals surface area contributed by atoms with Crippen LogP contribution in [0.2, 0.25) is 0 Å². The Bertz CT molecular complexity index is 205. The molecule has 2 nitrogen and oxygen atoms in total. The van der Waals surface area contributed by atoms with Crippen molar-refractivity contribution in [1.29, 1.82) is 0 Å². The third-order valence-corrected chi connectivity index (χ3v) is 2.37. The first-order chi connectivity index (χ1) is 4.84. The average Bonchev–Trinajstić information content (AvgIpc) is 2.31. The lowest BCUT2D eigenvalue weighted by Crippen LogP contribution is -1.93. The quantitative estimate of drug-likeness (QED) is 0.712. The number of rotatable bonds is 3. The Morgan fingerprint density at radius 3 is 2.58 bits per heavy atom. The Labute approximate surface area is 111 Å². The fraction of sp³-hybridized carbons (Fsp3) is 0.571. The van der Waals surface area contributed by atoms with Crippen LogP contribution in [0.3, 0.4) is 0 Å². The van der Waals surface area contributed by atoms with Crippen molar-refractivity contribution in [3.8, 4) is 0 Å². The second kappa shape index (κ2) is 8.64. The van der Waals surface area contributed by atoms with Gasteiger partial charge in [-0.05, 0) is 6.92 Å². The summed E-state index contributed by atoms with van der Waals surface area (Å²) in [4.78, 5) is 5.47. The maximum absolute atomic E-state index is 4.95. The molecule has 0 saturated carbocycles. The van der Waals surface area contributed by atoms with Crippen molar-refractivity contribution >= 4 is 59.3 Å². The standard InChI is InChI=1S/C7H11NOS.2HI/c1-6-7(3-4-9-2)10-5-8-6;;/h5H,3-4H2,1-2H3;2*1H. The van der Waals surface area contributed by atoms with Crippen LogP contribution in [0.1, 0.15) is 10.6 Å². The van der Waals surface area contributed by atoms with E-state index in [1.807, 2.05) is 12.4 Å². The van der Waals surface area contributed by atoms with Gasteiger partial charge in [0, 0.05) is 18.4 Å². The molecule has 5 heteroatoms. The second-order valence-electron chi connectivity index (χ2n) is 2.10. The topological polar surface area (TPSA) is 22.1 Å². The minimum Gasteiger partial charge on any atom is -0.384 e. The smallest absolute Gasteiger partial charge is 0.0797 e. The van der Waals surface area contributed by atoms with Crippen molar-refractivity contribution in [2.24, 2.45) is 0 Å². The van der Waals surface area contributed by atoms with E-state index in [1.54, 1.807) is 18.4 Å². The molecule has 0 aliphatic carbocycles. The maximum atomic E-state index is 4.95. The van der Waals surface area contributed by atoms with Crippen molar-refractivity contribution in [3.63, 3.8) is 0 Å². The minimum absolute atomic E-state index is 0. The van der Waals surface area contributed by atoms with Crippen molar-refractivity contribution < 1.29 is 4.74 Å². The van der Waals surface area contributed by atoms with Gasteiger partial charge < -0.3 is 4.74 Å². The number of nitrogens with zero attached hydrogens (tertiary/aromatic N) is 1. The Morgan fingerprint density at radius 2 is 2.17 bits per heavy atom. The van der Waals surface area contributed by atoms with Crippen LogP contribution in [0.15, 0.2) is 5.51 Å². The first-order valence-electron chi connectivity index (χ1n) is 3.22. The molecule has 1 aromatic heterocycles. The molecule has 0 unspecified atom stereocenters. The van der Waals surface area contributed by atoms with E-state index in [9.17, 15) is 0 Å². The summed E-state index contributed by atoms with van der Waals surface area (Å²) < 4.78 is 4.95. The van der Waals surface area contributed by atoms with Crippen LogP contribution in [0, 0.1) is 6.92 Å². The first-order valence-corrected chi connectivity index (χ1v) is 4.10. The van der Waals surface area contributed by atoms with E-state index in [0.717, 1.165) is 18.7 Å². The number of methoxy groups -OCH3 is 1. The van der Waals surface area contributed by atoms with E-state index < -0.39 is 0 Å². The van der Waals surface area contributed by atoms with Gasteiger partial charge in [0.15, 0.2) is 0 Å². The van der Waals surface area contributed by atoms with Crippen molar-refractivity contribution in [3.05, 3.63) is 16.1 Å². The number of hydrogen-bond donors (Lipinski definition) is 0. The Balaban J connectivity index is 0. The third-order valence-electron chi connectivity index (χ3n) is 1.38. The van der Waals surface area contributed by atoms with Gasteiger partial charge in [0.05, 0.1) is 17.8 Å². The normalized spacial score (nSPS) is 8.50. The van der Waals surface area contributed by atoms with E-state index in [4.69, 9.17) is 4.74 Å². The SMILES string of the molecule is COCCc1scnc1C.I.I. The highest BCUT2D eigenvalue weighted by Crippen LogP contribution is 2.12. The molecule has 0 amide bonds. The van der Waals surface area contributed by atoms with E-state index >= 15 is 0 Å². The zero-order valence-corrected chi connectivity index (χ0v) is 12.5. The third kappa shape index (κ3) is 4.93. The molecule has 0 radical (unpaired) electrons. The minimum atomic E-state index is 0. The Hall–Kier alpha value is 1.05. The highest BCUT2D eigenvalue weighted by molar-refractivity contribution is 14.0. The molecule has 0 atom stereocenters. The highest BCUT2D eigenvalue weighted by Gasteiger charge is 1.98. The molecule has 0 aliphatic rings. The second-order valence-corrected chi connectivity index (χ2v) is 3.04. The number of ether oxygens (including phenoxy) is 1. The van der Waals surface area contributed by atoms with Crippen LogP contribution in [0.5, 0.6) is 0 Å². The fourth-order valence-corrected chi connectivity index (χ4v) is 1.52. The van der Waals surface area contributed by atoms with E-state index in [2.05, 4.69) is 4.98 Å². The predicted octanol–water partition coefficient (Wildman–Crippen LogP) is 2.88. The molecule has 72 valence electrons. The molecular weight excluding hydrogens is 400 g/mol. The van der Waals surface area contributed by atoms with Gasteiger partial charge in [-0.15, -0.1) is 59.3 Å². The predicted molar refractivity (Wildman–Crippen MR) is 73.3 cm³/mol. The van der Waals surface area contributed by atoms with E-state index in [0.29, 0.717) is 0 Å². The average molecular weight is 413 g/mol. The van der Waals surface area contributed by atoms with Gasteiger partial charge in [-0.3, -0.25) is 0 Å². The number of halogens is 2. The van der Waals surface area contributed by atoms with Crippen LogP contribution in [0.25, 0.3) is 0 Å². The summed E-state index contributed by atoms with van der Waals surface area (Å²) >= 11 is 1.70. The van der Waals surface area contributed by atoms with Crippen LogP contribution >= 0.6 is 59.3 Å². The number of aromatic nitrogens is 1. The summed E-state index contributed by atoms with van der Waals surface area (Å²) in [6, 6.07) is 0. The Morgan fingerprint density at radius 1 is 1.50 bits per heavy atom. The molecule has 0 aliphatic heterocycles. The van der Waals surface area contributed by atoms with Gasteiger partial charge in [-0.25, -0.2) is 4.98 Å². The summed E-state index contributed by atoms with van der Waals surface area (Å²) in [5.41, 5.74) is 3.02. The highest BCUT2D eigenvalue weighted by atomic mass is 127. The van der Waals surface area contributed by atoms with Gasteiger partial charge in [-0.2, -0.15) is 0 Å². The number of aryl methyl sites for hydroxylation is 1. The number of hydrogen-bond acceptors (Lipinski definition) is 3. The van der Waals surface area contributed by atoms with Crippen LogP contribution in [-0.2, 0) is 11.2 Å².